The van der Waals surface area contributed by atoms with E-state index in [-0.39, 0.29) is 10.8 Å². The van der Waals surface area contributed by atoms with E-state index < -0.39 is 9.84 Å². The molecule has 1 N–H and O–H groups in total. The molecule has 8 heteroatoms. The van der Waals surface area contributed by atoms with Gasteiger partial charge in [-0.15, -0.1) is 0 Å². The number of hydrogen-bond acceptors (Lipinski definition) is 5. The normalized spacial score (nSPS) is 17.4. The summed E-state index contributed by atoms with van der Waals surface area (Å²) in [5.41, 5.74) is 2.79. The number of ether oxygens (including phenoxy) is 1. The highest BCUT2D eigenvalue weighted by atomic mass is 32.2. The fraction of sp³-hybridized carbons (Fsp3) is 0.318. The number of H-pyrrole nitrogens is 1. The van der Waals surface area contributed by atoms with Crippen molar-refractivity contribution in [1.29, 1.82) is 0 Å². The fourth-order valence-corrected chi connectivity index (χ4v) is 5.76. The Morgan fingerprint density at radius 2 is 1.90 bits per heavy atom. The summed E-state index contributed by atoms with van der Waals surface area (Å²) >= 11 is 0. The summed E-state index contributed by atoms with van der Waals surface area (Å²) in [6.07, 6.45) is 6.35. The molecule has 5 rings (SSSR count). The first-order valence-corrected chi connectivity index (χ1v) is 11.6. The summed E-state index contributed by atoms with van der Waals surface area (Å²) in [4.78, 5) is 18.2. The summed E-state index contributed by atoms with van der Waals surface area (Å²) in [7, 11) is -3.35. The highest BCUT2D eigenvalue weighted by Gasteiger charge is 2.37. The first-order valence-electron chi connectivity index (χ1n) is 10.1. The highest BCUT2D eigenvalue weighted by molar-refractivity contribution is 7.92. The van der Waals surface area contributed by atoms with Gasteiger partial charge in [-0.1, -0.05) is 6.58 Å². The SMILES string of the molecule is C=Cn1cc(-c2cc(S(=O)(=O)C3CC3)ccc2N2CCOCC2)c2cc[nH]c2c1=O. The molecule has 1 aliphatic carbocycles. The van der Waals surface area contributed by atoms with Crippen molar-refractivity contribution in [2.75, 3.05) is 31.2 Å². The average molecular weight is 426 g/mol. The lowest BCUT2D eigenvalue weighted by molar-refractivity contribution is 0.123. The van der Waals surface area contributed by atoms with Crippen LogP contribution in [0, 0.1) is 0 Å². The molecule has 2 aromatic heterocycles. The van der Waals surface area contributed by atoms with E-state index in [9.17, 15) is 13.2 Å². The molecule has 0 bridgehead atoms. The van der Waals surface area contributed by atoms with E-state index in [1.54, 1.807) is 24.5 Å². The summed E-state index contributed by atoms with van der Waals surface area (Å²) in [6.45, 7) is 6.42. The Labute approximate surface area is 174 Å². The van der Waals surface area contributed by atoms with Crippen molar-refractivity contribution in [3.8, 4) is 11.1 Å². The summed E-state index contributed by atoms with van der Waals surface area (Å²) in [5, 5.41) is 0.475. The molecule has 0 radical (unpaired) electrons. The Kier molecular flexibility index (Phi) is 4.56. The monoisotopic (exact) mass is 425 g/mol. The Balaban J connectivity index is 1.78. The van der Waals surface area contributed by atoms with Gasteiger partial charge < -0.3 is 14.6 Å². The number of rotatable bonds is 5. The van der Waals surface area contributed by atoms with Gasteiger partial charge in [0.15, 0.2) is 9.84 Å². The molecule has 1 aliphatic heterocycles. The van der Waals surface area contributed by atoms with E-state index >= 15 is 0 Å². The maximum absolute atomic E-state index is 12.9. The lowest BCUT2D eigenvalue weighted by atomic mass is 10.0. The molecular formula is C22H23N3O4S. The van der Waals surface area contributed by atoms with Crippen LogP contribution in [0.25, 0.3) is 28.2 Å². The Bertz CT molecular complexity index is 1300. The van der Waals surface area contributed by atoms with Crippen LogP contribution in [0.5, 0.6) is 0 Å². The first kappa shape index (κ1) is 19.1. The maximum atomic E-state index is 12.9. The van der Waals surface area contributed by atoms with Gasteiger partial charge in [-0.2, -0.15) is 0 Å². The molecule has 7 nitrogen and oxygen atoms in total. The lowest BCUT2D eigenvalue weighted by Crippen LogP contribution is -2.36. The van der Waals surface area contributed by atoms with Crippen molar-refractivity contribution >= 4 is 32.6 Å². The number of aromatic amines is 1. The summed E-state index contributed by atoms with van der Waals surface area (Å²) < 4.78 is 32.8. The second-order valence-corrected chi connectivity index (χ2v) is 9.95. The predicted molar refractivity (Wildman–Crippen MR) is 118 cm³/mol. The van der Waals surface area contributed by atoms with Crippen LogP contribution >= 0.6 is 0 Å². The van der Waals surface area contributed by atoms with Gasteiger partial charge >= 0.3 is 0 Å². The van der Waals surface area contributed by atoms with Crippen LogP contribution in [-0.2, 0) is 14.6 Å². The minimum absolute atomic E-state index is 0.191. The highest BCUT2D eigenvalue weighted by Crippen LogP contribution is 2.40. The van der Waals surface area contributed by atoms with E-state index in [2.05, 4.69) is 16.5 Å². The number of benzene rings is 1. The van der Waals surface area contributed by atoms with Crippen molar-refractivity contribution in [3.63, 3.8) is 0 Å². The molecule has 3 heterocycles. The van der Waals surface area contributed by atoms with Crippen molar-refractivity contribution in [3.05, 3.63) is 53.6 Å². The van der Waals surface area contributed by atoms with Crippen molar-refractivity contribution in [1.82, 2.24) is 9.55 Å². The zero-order valence-corrected chi connectivity index (χ0v) is 17.3. The third-order valence-corrected chi connectivity index (χ3v) is 8.11. The number of nitrogens with one attached hydrogen (secondary N) is 1. The van der Waals surface area contributed by atoms with Crippen LogP contribution in [0.1, 0.15) is 12.8 Å². The lowest BCUT2D eigenvalue weighted by Gasteiger charge is -2.31. The molecular weight excluding hydrogens is 402 g/mol. The number of morpholine rings is 1. The van der Waals surface area contributed by atoms with Gasteiger partial charge in [-0.3, -0.25) is 9.36 Å². The second-order valence-electron chi connectivity index (χ2n) is 7.73. The van der Waals surface area contributed by atoms with E-state index in [1.165, 1.54) is 10.8 Å². The number of pyridine rings is 1. The largest absolute Gasteiger partial charge is 0.378 e. The molecule has 1 saturated heterocycles. The Morgan fingerprint density at radius 1 is 1.13 bits per heavy atom. The molecule has 30 heavy (non-hydrogen) atoms. The van der Waals surface area contributed by atoms with Gasteiger partial charge in [0.2, 0.25) is 0 Å². The Hall–Kier alpha value is -2.84. The third-order valence-electron chi connectivity index (χ3n) is 5.85. The zero-order chi connectivity index (χ0) is 20.9. The zero-order valence-electron chi connectivity index (χ0n) is 16.5. The van der Waals surface area contributed by atoms with Crippen LogP contribution in [0.4, 0.5) is 5.69 Å². The summed E-state index contributed by atoms with van der Waals surface area (Å²) in [5.74, 6) is 0. The maximum Gasteiger partial charge on any atom is 0.278 e. The van der Waals surface area contributed by atoms with Gasteiger partial charge in [-0.25, -0.2) is 8.42 Å². The molecule has 0 amide bonds. The van der Waals surface area contributed by atoms with E-state index in [4.69, 9.17) is 4.74 Å². The number of nitrogens with zero attached hydrogens (tertiary/aromatic N) is 2. The minimum Gasteiger partial charge on any atom is -0.378 e. The molecule has 1 aromatic carbocycles. The van der Waals surface area contributed by atoms with E-state index in [0.29, 0.717) is 36.5 Å². The van der Waals surface area contributed by atoms with E-state index in [0.717, 1.165) is 35.3 Å². The molecule has 1 saturated carbocycles. The molecule has 0 spiro atoms. The topological polar surface area (TPSA) is 84.4 Å². The van der Waals surface area contributed by atoms with Gasteiger partial charge in [0.1, 0.15) is 5.52 Å². The number of anilines is 1. The summed E-state index contributed by atoms with van der Waals surface area (Å²) in [6, 6.07) is 7.21. The van der Waals surface area contributed by atoms with Crippen LogP contribution in [0.2, 0.25) is 0 Å². The van der Waals surface area contributed by atoms with Crippen molar-refractivity contribution in [2.24, 2.45) is 0 Å². The number of sulfone groups is 1. The smallest absolute Gasteiger partial charge is 0.278 e. The van der Waals surface area contributed by atoms with Crippen LogP contribution in [0.15, 0.2) is 52.9 Å². The molecule has 2 fully saturated rings. The Morgan fingerprint density at radius 3 is 2.60 bits per heavy atom. The predicted octanol–water partition coefficient (Wildman–Crippen LogP) is 2.87. The van der Waals surface area contributed by atoms with Gasteiger partial charge in [0.25, 0.3) is 5.56 Å². The quantitative estimate of drug-likeness (QED) is 0.680. The third kappa shape index (κ3) is 3.07. The second kappa shape index (κ2) is 7.14. The fourth-order valence-electron chi connectivity index (χ4n) is 4.08. The van der Waals surface area contributed by atoms with Gasteiger partial charge in [-0.05, 0) is 37.1 Å². The first-order chi connectivity index (χ1) is 14.5. The minimum atomic E-state index is -3.35. The van der Waals surface area contributed by atoms with Crippen molar-refractivity contribution < 1.29 is 13.2 Å². The van der Waals surface area contributed by atoms with Gasteiger partial charge in [0.05, 0.1) is 23.4 Å². The molecule has 2 aliphatic rings. The molecule has 0 unspecified atom stereocenters. The van der Waals surface area contributed by atoms with Crippen molar-refractivity contribution in [2.45, 2.75) is 23.0 Å². The molecule has 156 valence electrons. The van der Waals surface area contributed by atoms with Gasteiger partial charge in [0, 0.05) is 53.9 Å². The number of hydrogen-bond donors (Lipinski definition) is 1. The van der Waals surface area contributed by atoms with Crippen LogP contribution in [-0.4, -0.2) is 49.5 Å². The van der Waals surface area contributed by atoms with Crippen LogP contribution in [0.3, 0.4) is 0 Å². The average Bonchev–Trinajstić information content (AvgIpc) is 3.52. The number of fused-ring (bicyclic) bond motifs is 1. The number of aromatic nitrogens is 2. The van der Waals surface area contributed by atoms with E-state index in [1.807, 2.05) is 12.1 Å². The molecule has 0 atom stereocenters. The molecule has 3 aromatic rings. The standard InChI is InChI=1S/C22H23N3O4S/c1-2-24-14-19(17-7-8-23-21(17)22(24)26)18-13-16(30(27,28)15-3-4-15)5-6-20(18)25-9-11-29-12-10-25/h2,5-8,13-15,23H,1,3-4,9-12H2. The van der Waals surface area contributed by atoms with Crippen LogP contribution < -0.4 is 10.5 Å².